The van der Waals surface area contributed by atoms with Crippen LogP contribution in [0.1, 0.15) is 34.5 Å². The van der Waals surface area contributed by atoms with Gasteiger partial charge in [0.2, 0.25) is 0 Å². The first-order valence-corrected chi connectivity index (χ1v) is 7.62. The molecule has 2 aromatic rings. The van der Waals surface area contributed by atoms with Gasteiger partial charge in [-0.3, -0.25) is 4.79 Å². The highest BCUT2D eigenvalue weighted by Gasteiger charge is 2.14. The average Bonchev–Trinajstić information content (AvgIpc) is 2.53. The van der Waals surface area contributed by atoms with Crippen molar-refractivity contribution in [2.24, 2.45) is 0 Å². The van der Waals surface area contributed by atoms with E-state index in [1.54, 1.807) is 18.2 Å². The lowest BCUT2D eigenvalue weighted by Gasteiger charge is -2.15. The van der Waals surface area contributed by atoms with E-state index in [2.05, 4.69) is 5.32 Å². The van der Waals surface area contributed by atoms with Crippen molar-refractivity contribution in [3.05, 3.63) is 70.2 Å². The van der Waals surface area contributed by atoms with Crippen LogP contribution in [0.15, 0.2) is 48.5 Å². The molecule has 0 heterocycles. The zero-order valence-corrected chi connectivity index (χ0v) is 13.8. The molecule has 0 spiro atoms. The average molecular weight is 332 g/mol. The molecule has 2 rings (SSSR count). The highest BCUT2D eigenvalue weighted by atomic mass is 35.5. The molecule has 4 nitrogen and oxygen atoms in total. The third kappa shape index (κ3) is 4.83. The summed E-state index contributed by atoms with van der Waals surface area (Å²) in [6.45, 7) is 3.42. The Hall–Kier alpha value is -2.33. The smallest absolute Gasteiger partial charge is 0.338 e. The molecule has 120 valence electrons. The van der Waals surface area contributed by atoms with Crippen LogP contribution in [0.25, 0.3) is 0 Å². The maximum Gasteiger partial charge on any atom is 0.338 e. The lowest BCUT2D eigenvalue weighted by molar-refractivity contribution is -0.124. The monoisotopic (exact) mass is 331 g/mol. The molecular weight excluding hydrogens is 314 g/mol. The van der Waals surface area contributed by atoms with Gasteiger partial charge in [-0.25, -0.2) is 4.79 Å². The molecule has 0 fully saturated rings. The zero-order chi connectivity index (χ0) is 16.8. The van der Waals surface area contributed by atoms with Crippen molar-refractivity contribution in [3.8, 4) is 0 Å². The Morgan fingerprint density at radius 1 is 1.13 bits per heavy atom. The molecule has 1 atom stereocenters. The number of amides is 1. The molecule has 0 aliphatic carbocycles. The van der Waals surface area contributed by atoms with Gasteiger partial charge in [-0.05, 0) is 37.6 Å². The molecule has 0 unspecified atom stereocenters. The second-order valence-corrected chi connectivity index (χ2v) is 5.66. The van der Waals surface area contributed by atoms with Crippen molar-refractivity contribution in [2.75, 3.05) is 6.61 Å². The van der Waals surface area contributed by atoms with Crippen molar-refractivity contribution in [2.45, 2.75) is 19.9 Å². The van der Waals surface area contributed by atoms with Gasteiger partial charge >= 0.3 is 5.97 Å². The minimum atomic E-state index is -0.523. The molecule has 0 saturated heterocycles. The van der Waals surface area contributed by atoms with Crippen LogP contribution in [-0.2, 0) is 9.53 Å². The van der Waals surface area contributed by atoms with E-state index in [0.29, 0.717) is 10.6 Å². The van der Waals surface area contributed by atoms with Gasteiger partial charge in [-0.1, -0.05) is 47.5 Å². The Morgan fingerprint density at radius 2 is 1.78 bits per heavy atom. The minimum Gasteiger partial charge on any atom is -0.452 e. The molecule has 2 aromatic carbocycles. The Balaban J connectivity index is 1.86. The molecule has 5 heteroatoms. The Bertz CT molecular complexity index is 698. The minimum absolute atomic E-state index is 0.269. The Kier molecular flexibility index (Phi) is 5.77. The summed E-state index contributed by atoms with van der Waals surface area (Å²) in [6, 6.07) is 14.0. The van der Waals surface area contributed by atoms with E-state index in [1.165, 1.54) is 0 Å². The molecule has 0 radical (unpaired) electrons. The molecule has 0 aromatic heterocycles. The van der Waals surface area contributed by atoms with Gasteiger partial charge < -0.3 is 10.1 Å². The summed E-state index contributed by atoms with van der Waals surface area (Å²) in [7, 11) is 0. The van der Waals surface area contributed by atoms with Gasteiger partial charge in [0, 0.05) is 5.02 Å². The van der Waals surface area contributed by atoms with E-state index >= 15 is 0 Å². The standard InChI is InChI=1S/C18H18ClNO3/c1-12-7-9-14(10-8-12)18(22)23-11-17(21)20-13(2)15-5-3-4-6-16(15)19/h3-10,13H,11H2,1-2H3,(H,20,21)/t13-/m1/s1. The van der Waals surface area contributed by atoms with E-state index in [1.807, 2.05) is 44.2 Å². The molecule has 0 aliphatic heterocycles. The third-order valence-corrected chi connectivity index (χ3v) is 3.72. The summed E-state index contributed by atoms with van der Waals surface area (Å²) in [5.41, 5.74) is 2.28. The quantitative estimate of drug-likeness (QED) is 0.850. The number of rotatable bonds is 5. The summed E-state index contributed by atoms with van der Waals surface area (Å²) < 4.78 is 5.01. The molecule has 0 aliphatic rings. The zero-order valence-electron chi connectivity index (χ0n) is 13.0. The molecule has 1 N–H and O–H groups in total. The van der Waals surface area contributed by atoms with Crippen molar-refractivity contribution < 1.29 is 14.3 Å². The lowest BCUT2D eigenvalue weighted by atomic mass is 10.1. The summed E-state index contributed by atoms with van der Waals surface area (Å²) in [5.74, 6) is -0.900. The molecular formula is C18H18ClNO3. The first kappa shape index (κ1) is 17.0. The fourth-order valence-electron chi connectivity index (χ4n) is 2.09. The SMILES string of the molecule is Cc1ccc(C(=O)OCC(=O)N[C@H](C)c2ccccc2Cl)cc1. The largest absolute Gasteiger partial charge is 0.452 e. The predicted octanol–water partition coefficient (Wildman–Crippen LogP) is 3.68. The van der Waals surface area contributed by atoms with Crippen LogP contribution < -0.4 is 5.32 Å². The summed E-state index contributed by atoms with van der Waals surface area (Å²) >= 11 is 6.09. The van der Waals surface area contributed by atoms with Crippen molar-refractivity contribution in [1.82, 2.24) is 5.32 Å². The number of ether oxygens (including phenoxy) is 1. The number of halogens is 1. The van der Waals surface area contributed by atoms with Gasteiger partial charge in [0.05, 0.1) is 11.6 Å². The number of nitrogens with one attached hydrogen (secondary N) is 1. The molecule has 0 saturated carbocycles. The first-order chi connectivity index (χ1) is 11.0. The number of benzene rings is 2. The van der Waals surface area contributed by atoms with E-state index in [9.17, 15) is 9.59 Å². The van der Waals surface area contributed by atoms with Crippen molar-refractivity contribution >= 4 is 23.5 Å². The molecule has 1 amide bonds. The van der Waals surface area contributed by atoms with E-state index in [-0.39, 0.29) is 18.6 Å². The lowest BCUT2D eigenvalue weighted by Crippen LogP contribution is -2.31. The summed E-state index contributed by atoms with van der Waals surface area (Å²) in [6.07, 6.45) is 0. The van der Waals surface area contributed by atoms with Gasteiger partial charge in [-0.15, -0.1) is 0 Å². The van der Waals surface area contributed by atoms with Gasteiger partial charge in [0.15, 0.2) is 6.61 Å². The van der Waals surface area contributed by atoms with Crippen LogP contribution >= 0.6 is 11.6 Å². The van der Waals surface area contributed by atoms with E-state index < -0.39 is 5.97 Å². The maximum absolute atomic E-state index is 11.9. The first-order valence-electron chi connectivity index (χ1n) is 7.25. The Labute approximate surface area is 140 Å². The van der Waals surface area contributed by atoms with Crippen LogP contribution in [-0.4, -0.2) is 18.5 Å². The fraction of sp³-hybridized carbons (Fsp3) is 0.222. The van der Waals surface area contributed by atoms with Crippen LogP contribution in [0.4, 0.5) is 0 Å². The third-order valence-electron chi connectivity index (χ3n) is 3.37. The summed E-state index contributed by atoms with van der Waals surface area (Å²) in [4.78, 5) is 23.7. The highest BCUT2D eigenvalue weighted by Crippen LogP contribution is 2.21. The van der Waals surface area contributed by atoms with Crippen LogP contribution in [0.2, 0.25) is 5.02 Å². The van der Waals surface area contributed by atoms with Gasteiger partial charge in [-0.2, -0.15) is 0 Å². The van der Waals surface area contributed by atoms with Gasteiger partial charge in [0.1, 0.15) is 0 Å². The molecule has 0 bridgehead atoms. The summed E-state index contributed by atoms with van der Waals surface area (Å²) in [5, 5.41) is 3.33. The molecule has 23 heavy (non-hydrogen) atoms. The fourth-order valence-corrected chi connectivity index (χ4v) is 2.39. The van der Waals surface area contributed by atoms with Crippen LogP contribution in [0.5, 0.6) is 0 Å². The van der Waals surface area contributed by atoms with Crippen LogP contribution in [0, 0.1) is 6.92 Å². The number of esters is 1. The second-order valence-electron chi connectivity index (χ2n) is 5.25. The number of carbonyl (C=O) groups excluding carboxylic acids is 2. The normalized spacial score (nSPS) is 11.6. The van der Waals surface area contributed by atoms with Crippen LogP contribution in [0.3, 0.4) is 0 Å². The number of aryl methyl sites for hydroxylation is 1. The van der Waals surface area contributed by atoms with Gasteiger partial charge in [0.25, 0.3) is 5.91 Å². The van der Waals surface area contributed by atoms with E-state index in [4.69, 9.17) is 16.3 Å². The highest BCUT2D eigenvalue weighted by molar-refractivity contribution is 6.31. The van der Waals surface area contributed by atoms with Crippen molar-refractivity contribution in [1.29, 1.82) is 0 Å². The Morgan fingerprint density at radius 3 is 2.43 bits per heavy atom. The van der Waals surface area contributed by atoms with Crippen molar-refractivity contribution in [3.63, 3.8) is 0 Å². The predicted molar refractivity (Wildman–Crippen MR) is 89.5 cm³/mol. The maximum atomic E-state index is 11.9. The topological polar surface area (TPSA) is 55.4 Å². The number of carbonyl (C=O) groups is 2. The van der Waals surface area contributed by atoms with E-state index in [0.717, 1.165) is 11.1 Å². The second kappa shape index (κ2) is 7.79. The number of hydrogen-bond donors (Lipinski definition) is 1. The number of hydrogen-bond acceptors (Lipinski definition) is 3.